The van der Waals surface area contributed by atoms with Gasteiger partial charge in [0.2, 0.25) is 11.8 Å². The first-order valence-electron chi connectivity index (χ1n) is 15.9. The van der Waals surface area contributed by atoms with Crippen molar-refractivity contribution < 1.29 is 19.1 Å². The topological polar surface area (TPSA) is 87.7 Å². The Kier molecular flexibility index (Phi) is 16.1. The van der Waals surface area contributed by atoms with Gasteiger partial charge in [-0.05, 0) is 77.0 Å². The Balaban J connectivity index is 3.59. The molecule has 7 nitrogen and oxygen atoms in total. The van der Waals surface area contributed by atoms with Crippen LogP contribution in [0.15, 0.2) is 18.2 Å². The summed E-state index contributed by atoms with van der Waals surface area (Å²) in [5, 5.41) is 6.07. The van der Waals surface area contributed by atoms with Gasteiger partial charge in [0, 0.05) is 12.6 Å². The summed E-state index contributed by atoms with van der Waals surface area (Å²) in [6.45, 7) is 20.1. The van der Waals surface area contributed by atoms with Gasteiger partial charge in [0.15, 0.2) is 0 Å². The molecule has 1 rings (SSSR count). The average Bonchev–Trinajstić information content (AvgIpc) is 2.88. The Morgan fingerprint density at radius 1 is 0.878 bits per heavy atom. The summed E-state index contributed by atoms with van der Waals surface area (Å²) in [4.78, 5) is 43.3. The fraction of sp³-hybridized carbons (Fsp3) is 0.735. The van der Waals surface area contributed by atoms with E-state index in [2.05, 4.69) is 24.5 Å². The second-order valence-electron chi connectivity index (χ2n) is 12.7. The van der Waals surface area contributed by atoms with Crippen molar-refractivity contribution in [2.45, 2.75) is 151 Å². The zero-order valence-corrected chi connectivity index (χ0v) is 27.7. The van der Waals surface area contributed by atoms with E-state index in [9.17, 15) is 14.4 Å². The number of hydrogen-bond donors (Lipinski definition) is 2. The third kappa shape index (κ3) is 12.5. The van der Waals surface area contributed by atoms with Crippen LogP contribution in [0.2, 0.25) is 0 Å². The van der Waals surface area contributed by atoms with E-state index in [0.29, 0.717) is 13.0 Å². The fourth-order valence-corrected chi connectivity index (χ4v) is 5.24. The van der Waals surface area contributed by atoms with Crippen molar-refractivity contribution in [3.05, 3.63) is 34.9 Å². The molecule has 0 radical (unpaired) electrons. The molecule has 0 fully saturated rings. The van der Waals surface area contributed by atoms with Gasteiger partial charge in [0.05, 0.1) is 0 Å². The molecule has 4 atom stereocenters. The number of nitrogens with one attached hydrogen (secondary N) is 2. The predicted molar refractivity (Wildman–Crippen MR) is 169 cm³/mol. The Hall–Kier alpha value is -2.57. The molecule has 0 aliphatic carbocycles. The maximum Gasteiger partial charge on any atom is 0.408 e. The highest BCUT2D eigenvalue weighted by atomic mass is 16.6. The van der Waals surface area contributed by atoms with Gasteiger partial charge in [0.25, 0.3) is 0 Å². The standard InChI is InChI=1S/C34H59N3O4/c1-11-14-15-16-17-18-23-37(32(39)29(24(4)13-3)36-33(40)41-34(8,9)10)30(31(38)35-27(7)20-12-2)28-25(5)21-19-22-26(28)6/h19,21-22,24,27,29-30H,11-18,20,23H2,1-10H3,(H,35,38)(H,36,40). The summed E-state index contributed by atoms with van der Waals surface area (Å²) in [7, 11) is 0. The highest BCUT2D eigenvalue weighted by Gasteiger charge is 2.39. The molecule has 7 heteroatoms. The van der Waals surface area contributed by atoms with Crippen molar-refractivity contribution in [3.63, 3.8) is 0 Å². The number of ether oxygens (including phenoxy) is 1. The molecule has 0 saturated carbocycles. The van der Waals surface area contributed by atoms with Crippen LogP contribution in [0, 0.1) is 19.8 Å². The lowest BCUT2D eigenvalue weighted by atomic mass is 9.91. The van der Waals surface area contributed by atoms with Gasteiger partial charge in [-0.15, -0.1) is 0 Å². The van der Waals surface area contributed by atoms with Gasteiger partial charge in [-0.3, -0.25) is 9.59 Å². The van der Waals surface area contributed by atoms with Crippen LogP contribution in [-0.4, -0.2) is 47.0 Å². The number of aryl methyl sites for hydroxylation is 2. The highest BCUT2D eigenvalue weighted by molar-refractivity contribution is 5.92. The van der Waals surface area contributed by atoms with Gasteiger partial charge < -0.3 is 20.3 Å². The molecule has 0 aromatic heterocycles. The number of benzene rings is 1. The lowest BCUT2D eigenvalue weighted by Gasteiger charge is -2.37. The fourth-order valence-electron chi connectivity index (χ4n) is 5.24. The molecule has 1 aromatic carbocycles. The molecule has 3 amide bonds. The third-order valence-corrected chi connectivity index (χ3v) is 7.67. The predicted octanol–water partition coefficient (Wildman–Crippen LogP) is 7.78. The van der Waals surface area contributed by atoms with Gasteiger partial charge >= 0.3 is 6.09 Å². The van der Waals surface area contributed by atoms with E-state index in [0.717, 1.165) is 55.2 Å². The van der Waals surface area contributed by atoms with Crippen LogP contribution in [0.3, 0.4) is 0 Å². The summed E-state index contributed by atoms with van der Waals surface area (Å²) < 4.78 is 5.54. The van der Waals surface area contributed by atoms with Crippen molar-refractivity contribution >= 4 is 17.9 Å². The number of unbranched alkanes of at least 4 members (excludes halogenated alkanes) is 5. The number of nitrogens with zero attached hydrogens (tertiary/aromatic N) is 1. The first-order chi connectivity index (χ1) is 19.3. The second-order valence-corrected chi connectivity index (χ2v) is 12.7. The number of alkyl carbamates (subject to hydrolysis) is 1. The zero-order chi connectivity index (χ0) is 31.2. The summed E-state index contributed by atoms with van der Waals surface area (Å²) in [6, 6.07) is 4.34. The van der Waals surface area contributed by atoms with E-state index in [4.69, 9.17) is 4.74 Å². The lowest BCUT2D eigenvalue weighted by Crippen LogP contribution is -2.56. The molecular weight excluding hydrogens is 514 g/mol. The van der Waals surface area contributed by atoms with Crippen LogP contribution in [0.4, 0.5) is 4.79 Å². The Bertz CT molecular complexity index is 936. The summed E-state index contributed by atoms with van der Waals surface area (Å²) in [5.41, 5.74) is 2.10. The van der Waals surface area contributed by atoms with Crippen LogP contribution in [0.1, 0.15) is 136 Å². The van der Waals surface area contributed by atoms with Crippen LogP contribution >= 0.6 is 0 Å². The van der Waals surface area contributed by atoms with Crippen LogP contribution < -0.4 is 10.6 Å². The smallest absolute Gasteiger partial charge is 0.408 e. The monoisotopic (exact) mass is 573 g/mol. The van der Waals surface area contributed by atoms with Crippen molar-refractivity contribution in [1.82, 2.24) is 15.5 Å². The minimum atomic E-state index is -0.817. The van der Waals surface area contributed by atoms with Crippen LogP contribution in [0.5, 0.6) is 0 Å². The molecule has 0 bridgehead atoms. The van der Waals surface area contributed by atoms with Gasteiger partial charge in [-0.25, -0.2) is 4.79 Å². The second kappa shape index (κ2) is 18.1. The van der Waals surface area contributed by atoms with Crippen LogP contribution in [0.25, 0.3) is 0 Å². The molecule has 41 heavy (non-hydrogen) atoms. The van der Waals surface area contributed by atoms with Gasteiger partial charge in [-0.2, -0.15) is 0 Å². The molecule has 2 N–H and O–H groups in total. The highest BCUT2D eigenvalue weighted by Crippen LogP contribution is 2.30. The summed E-state index contributed by atoms with van der Waals surface area (Å²) in [6.07, 6.45) is 8.25. The molecule has 4 unspecified atom stereocenters. The number of rotatable bonds is 17. The third-order valence-electron chi connectivity index (χ3n) is 7.67. The Labute approximate surface area is 250 Å². The lowest BCUT2D eigenvalue weighted by molar-refractivity contribution is -0.143. The molecule has 0 aliphatic heterocycles. The number of amides is 3. The maximum absolute atomic E-state index is 14.5. The van der Waals surface area contributed by atoms with E-state index in [-0.39, 0.29) is 23.8 Å². The molecule has 1 aromatic rings. The summed E-state index contributed by atoms with van der Waals surface area (Å²) in [5.74, 6) is -0.574. The molecule has 0 heterocycles. The zero-order valence-electron chi connectivity index (χ0n) is 27.7. The van der Waals surface area contributed by atoms with Gasteiger partial charge in [-0.1, -0.05) is 90.8 Å². The normalized spacial score (nSPS) is 14.5. The first kappa shape index (κ1) is 36.5. The number of hydrogen-bond acceptors (Lipinski definition) is 4. The summed E-state index contributed by atoms with van der Waals surface area (Å²) >= 11 is 0. The number of carbonyl (C=O) groups is 3. The largest absolute Gasteiger partial charge is 0.444 e. The molecular formula is C34H59N3O4. The number of carbonyl (C=O) groups excluding carboxylic acids is 3. The molecule has 234 valence electrons. The van der Waals surface area contributed by atoms with Crippen molar-refractivity contribution in [1.29, 1.82) is 0 Å². The molecule has 0 saturated heterocycles. The van der Waals surface area contributed by atoms with Crippen molar-refractivity contribution in [3.8, 4) is 0 Å². The Morgan fingerprint density at radius 2 is 1.46 bits per heavy atom. The van der Waals surface area contributed by atoms with E-state index in [1.165, 1.54) is 12.8 Å². The van der Waals surface area contributed by atoms with Crippen molar-refractivity contribution in [2.24, 2.45) is 5.92 Å². The molecule has 0 aliphatic rings. The first-order valence-corrected chi connectivity index (χ1v) is 15.9. The average molecular weight is 574 g/mol. The van der Waals surface area contributed by atoms with E-state index in [1.54, 1.807) is 25.7 Å². The SMILES string of the molecule is CCCCCCCCN(C(=O)C(NC(=O)OC(C)(C)C)C(C)CC)C(C(=O)NC(C)CCC)c1c(C)cccc1C. The Morgan fingerprint density at radius 3 is 2.00 bits per heavy atom. The van der Waals surface area contributed by atoms with Crippen molar-refractivity contribution in [2.75, 3.05) is 6.54 Å². The minimum absolute atomic E-state index is 0.0180. The maximum atomic E-state index is 14.5. The van der Waals surface area contributed by atoms with E-state index in [1.807, 2.05) is 52.8 Å². The molecule has 0 spiro atoms. The minimum Gasteiger partial charge on any atom is -0.444 e. The van der Waals surface area contributed by atoms with E-state index < -0.39 is 23.8 Å². The van der Waals surface area contributed by atoms with Crippen LogP contribution in [-0.2, 0) is 14.3 Å². The quantitative estimate of drug-likeness (QED) is 0.186. The van der Waals surface area contributed by atoms with E-state index >= 15 is 0 Å². The van der Waals surface area contributed by atoms with Gasteiger partial charge in [0.1, 0.15) is 17.7 Å².